The van der Waals surface area contributed by atoms with Crippen molar-refractivity contribution in [3.05, 3.63) is 34.6 Å². The van der Waals surface area contributed by atoms with Gasteiger partial charge in [-0.3, -0.25) is 0 Å². The van der Waals surface area contributed by atoms with E-state index in [-0.39, 0.29) is 11.9 Å². The molecule has 90 valence electrons. The van der Waals surface area contributed by atoms with Gasteiger partial charge in [-0.25, -0.2) is 4.39 Å². The van der Waals surface area contributed by atoms with E-state index >= 15 is 0 Å². The van der Waals surface area contributed by atoms with Crippen LogP contribution in [0.4, 0.5) is 4.39 Å². The van der Waals surface area contributed by atoms with Gasteiger partial charge in [0.05, 0.1) is 0 Å². The lowest BCUT2D eigenvalue weighted by atomic mass is 10.0. The summed E-state index contributed by atoms with van der Waals surface area (Å²) in [7, 11) is 0. The minimum Gasteiger partial charge on any atom is -0.328 e. The van der Waals surface area contributed by atoms with Crippen LogP contribution < -0.4 is 5.73 Å². The molecule has 0 saturated carbocycles. The van der Waals surface area contributed by atoms with Crippen LogP contribution in [0, 0.1) is 5.82 Å². The first kappa shape index (κ1) is 13.5. The van der Waals surface area contributed by atoms with Crippen LogP contribution in [-0.2, 0) is 6.42 Å². The standard InChI is InChI=1S/C13H19ClFN/c1-2-4-12(16)6-3-5-10-9-11(14)7-8-13(10)15/h7-9,12H,2-6,16H2,1H3. The van der Waals surface area contributed by atoms with Gasteiger partial charge in [-0.2, -0.15) is 0 Å². The van der Waals surface area contributed by atoms with Crippen molar-refractivity contribution in [2.24, 2.45) is 5.73 Å². The summed E-state index contributed by atoms with van der Waals surface area (Å²) in [6.45, 7) is 2.12. The number of halogens is 2. The largest absolute Gasteiger partial charge is 0.328 e. The lowest BCUT2D eigenvalue weighted by Crippen LogP contribution is -2.19. The van der Waals surface area contributed by atoms with Crippen molar-refractivity contribution in [1.82, 2.24) is 0 Å². The summed E-state index contributed by atoms with van der Waals surface area (Å²) in [5.41, 5.74) is 6.59. The predicted molar refractivity (Wildman–Crippen MR) is 67.2 cm³/mol. The predicted octanol–water partition coefficient (Wildman–Crippen LogP) is 3.93. The molecule has 0 amide bonds. The third-order valence-corrected chi connectivity index (χ3v) is 2.92. The normalized spacial score (nSPS) is 12.8. The SMILES string of the molecule is CCCC(N)CCCc1cc(Cl)ccc1F. The Morgan fingerprint density at radius 1 is 1.38 bits per heavy atom. The number of benzene rings is 1. The Bertz CT molecular complexity index is 328. The van der Waals surface area contributed by atoms with E-state index in [0.29, 0.717) is 17.0 Å². The summed E-state index contributed by atoms with van der Waals surface area (Å²) in [5, 5.41) is 0.592. The molecule has 0 heterocycles. The fourth-order valence-corrected chi connectivity index (χ4v) is 2.00. The number of nitrogens with two attached hydrogens (primary N) is 1. The molecule has 0 fully saturated rings. The first-order valence-electron chi connectivity index (χ1n) is 5.83. The molecule has 3 heteroatoms. The molecule has 1 unspecified atom stereocenters. The van der Waals surface area contributed by atoms with E-state index in [0.717, 1.165) is 25.7 Å². The van der Waals surface area contributed by atoms with Gasteiger partial charge in [-0.15, -0.1) is 0 Å². The molecule has 0 aliphatic rings. The van der Waals surface area contributed by atoms with E-state index in [4.69, 9.17) is 17.3 Å². The van der Waals surface area contributed by atoms with Gasteiger partial charge >= 0.3 is 0 Å². The van der Waals surface area contributed by atoms with Crippen molar-refractivity contribution in [2.75, 3.05) is 0 Å². The van der Waals surface area contributed by atoms with Crippen LogP contribution in [0.2, 0.25) is 5.02 Å². The Kier molecular flexibility index (Phi) is 5.78. The number of aryl methyl sites for hydroxylation is 1. The smallest absolute Gasteiger partial charge is 0.126 e. The zero-order valence-corrected chi connectivity index (χ0v) is 10.4. The average Bonchev–Trinajstić information content (AvgIpc) is 2.23. The van der Waals surface area contributed by atoms with Crippen molar-refractivity contribution in [3.8, 4) is 0 Å². The summed E-state index contributed by atoms with van der Waals surface area (Å²) in [4.78, 5) is 0. The van der Waals surface area contributed by atoms with Crippen LogP contribution in [0.25, 0.3) is 0 Å². The van der Waals surface area contributed by atoms with Crippen LogP contribution in [0.5, 0.6) is 0 Å². The zero-order valence-electron chi connectivity index (χ0n) is 9.68. The monoisotopic (exact) mass is 243 g/mol. The molecule has 0 radical (unpaired) electrons. The van der Waals surface area contributed by atoms with Crippen LogP contribution in [-0.4, -0.2) is 6.04 Å². The van der Waals surface area contributed by atoms with Crippen molar-refractivity contribution in [2.45, 2.75) is 45.1 Å². The first-order valence-corrected chi connectivity index (χ1v) is 6.20. The maximum Gasteiger partial charge on any atom is 0.126 e. The second kappa shape index (κ2) is 6.87. The fourth-order valence-electron chi connectivity index (χ4n) is 1.80. The molecule has 0 bridgehead atoms. The highest BCUT2D eigenvalue weighted by atomic mass is 35.5. The van der Waals surface area contributed by atoms with Crippen LogP contribution in [0.15, 0.2) is 18.2 Å². The lowest BCUT2D eigenvalue weighted by molar-refractivity contribution is 0.531. The summed E-state index contributed by atoms with van der Waals surface area (Å²) < 4.78 is 13.4. The van der Waals surface area contributed by atoms with Gasteiger partial charge in [-0.1, -0.05) is 24.9 Å². The maximum absolute atomic E-state index is 13.4. The highest BCUT2D eigenvalue weighted by Gasteiger charge is 2.05. The van der Waals surface area contributed by atoms with Gasteiger partial charge in [0, 0.05) is 11.1 Å². The Balaban J connectivity index is 2.39. The second-order valence-electron chi connectivity index (χ2n) is 4.18. The van der Waals surface area contributed by atoms with Gasteiger partial charge < -0.3 is 5.73 Å². The Hall–Kier alpha value is -0.600. The Morgan fingerprint density at radius 2 is 2.12 bits per heavy atom. The van der Waals surface area contributed by atoms with Crippen LogP contribution in [0.1, 0.15) is 38.2 Å². The average molecular weight is 244 g/mol. The third kappa shape index (κ3) is 4.50. The Labute approximate surface area is 102 Å². The van der Waals surface area contributed by atoms with E-state index < -0.39 is 0 Å². The van der Waals surface area contributed by atoms with Gasteiger partial charge in [0.15, 0.2) is 0 Å². The van der Waals surface area contributed by atoms with E-state index in [9.17, 15) is 4.39 Å². The van der Waals surface area contributed by atoms with Crippen molar-refractivity contribution >= 4 is 11.6 Å². The zero-order chi connectivity index (χ0) is 12.0. The quantitative estimate of drug-likeness (QED) is 0.805. The van der Waals surface area contributed by atoms with E-state index in [1.807, 2.05) is 0 Å². The molecule has 16 heavy (non-hydrogen) atoms. The molecular formula is C13H19ClFN. The highest BCUT2D eigenvalue weighted by Crippen LogP contribution is 2.17. The van der Waals surface area contributed by atoms with Crippen molar-refractivity contribution < 1.29 is 4.39 Å². The molecule has 0 aliphatic carbocycles. The molecule has 1 atom stereocenters. The first-order chi connectivity index (χ1) is 7.63. The highest BCUT2D eigenvalue weighted by molar-refractivity contribution is 6.30. The molecule has 1 nitrogen and oxygen atoms in total. The fraction of sp³-hybridized carbons (Fsp3) is 0.538. The third-order valence-electron chi connectivity index (χ3n) is 2.69. The number of hydrogen-bond donors (Lipinski definition) is 1. The minimum atomic E-state index is -0.173. The summed E-state index contributed by atoms with van der Waals surface area (Å²) >= 11 is 5.82. The Morgan fingerprint density at radius 3 is 2.81 bits per heavy atom. The number of rotatable bonds is 6. The van der Waals surface area contributed by atoms with Gasteiger partial charge in [-0.05, 0) is 49.4 Å². The van der Waals surface area contributed by atoms with Gasteiger partial charge in [0.2, 0.25) is 0 Å². The van der Waals surface area contributed by atoms with Crippen LogP contribution in [0.3, 0.4) is 0 Å². The molecule has 0 spiro atoms. The molecule has 0 aliphatic heterocycles. The molecular weight excluding hydrogens is 225 g/mol. The lowest BCUT2D eigenvalue weighted by Gasteiger charge is -2.10. The topological polar surface area (TPSA) is 26.0 Å². The molecule has 1 aromatic carbocycles. The minimum absolute atomic E-state index is 0.173. The van der Waals surface area contributed by atoms with E-state index in [1.165, 1.54) is 6.07 Å². The second-order valence-corrected chi connectivity index (χ2v) is 4.61. The molecule has 1 aromatic rings. The van der Waals surface area contributed by atoms with Crippen molar-refractivity contribution in [1.29, 1.82) is 0 Å². The van der Waals surface area contributed by atoms with E-state index in [1.54, 1.807) is 12.1 Å². The molecule has 1 rings (SSSR count). The van der Waals surface area contributed by atoms with Gasteiger partial charge in [0.1, 0.15) is 5.82 Å². The van der Waals surface area contributed by atoms with Crippen molar-refractivity contribution in [3.63, 3.8) is 0 Å². The number of hydrogen-bond acceptors (Lipinski definition) is 1. The summed E-state index contributed by atoms with van der Waals surface area (Å²) in [5.74, 6) is -0.173. The molecule has 0 saturated heterocycles. The summed E-state index contributed by atoms with van der Waals surface area (Å²) in [6.07, 6.45) is 4.72. The summed E-state index contributed by atoms with van der Waals surface area (Å²) in [6, 6.07) is 4.93. The van der Waals surface area contributed by atoms with Crippen LogP contribution >= 0.6 is 11.6 Å². The molecule has 0 aromatic heterocycles. The maximum atomic E-state index is 13.4. The van der Waals surface area contributed by atoms with E-state index in [2.05, 4.69) is 6.92 Å². The van der Waals surface area contributed by atoms with Gasteiger partial charge in [0.25, 0.3) is 0 Å². The molecule has 2 N–H and O–H groups in total.